The Kier molecular flexibility index (Phi) is 4.17. The zero-order valence-corrected chi connectivity index (χ0v) is 12.3. The second-order valence-electron chi connectivity index (χ2n) is 5.11. The molecule has 2 aromatic heterocycles. The van der Waals surface area contributed by atoms with Crippen LogP contribution in [0.25, 0.3) is 0 Å². The van der Waals surface area contributed by atoms with Crippen LogP contribution in [0.15, 0.2) is 24.5 Å². The molecule has 0 aliphatic carbocycles. The normalized spacial score (nSPS) is 12.2. The van der Waals surface area contributed by atoms with Crippen molar-refractivity contribution in [3.63, 3.8) is 0 Å². The Morgan fingerprint density at radius 2 is 2.20 bits per heavy atom. The summed E-state index contributed by atoms with van der Waals surface area (Å²) < 4.78 is 1.73. The Morgan fingerprint density at radius 1 is 1.45 bits per heavy atom. The minimum Gasteiger partial charge on any atom is -0.349 e. The highest BCUT2D eigenvalue weighted by Crippen LogP contribution is 2.12. The monoisotopic (exact) mass is 272 g/mol. The number of carbonyl (C=O) groups excluding carboxylic acids is 1. The van der Waals surface area contributed by atoms with Crippen LogP contribution >= 0.6 is 0 Å². The predicted octanol–water partition coefficient (Wildman–Crippen LogP) is 1.79. The molecule has 106 valence electrons. The number of nitrogens with zero attached hydrogens (tertiary/aromatic N) is 3. The van der Waals surface area contributed by atoms with E-state index in [9.17, 15) is 4.79 Å². The van der Waals surface area contributed by atoms with Crippen molar-refractivity contribution in [1.29, 1.82) is 0 Å². The largest absolute Gasteiger partial charge is 0.349 e. The molecule has 1 amide bonds. The molecule has 0 unspecified atom stereocenters. The lowest BCUT2D eigenvalue weighted by molar-refractivity contribution is 0.0939. The Labute approximate surface area is 119 Å². The molecule has 20 heavy (non-hydrogen) atoms. The van der Waals surface area contributed by atoms with Crippen molar-refractivity contribution in [1.82, 2.24) is 20.1 Å². The molecule has 0 spiro atoms. The third-order valence-corrected chi connectivity index (χ3v) is 3.38. The third-order valence-electron chi connectivity index (χ3n) is 3.38. The molecule has 0 saturated heterocycles. The summed E-state index contributed by atoms with van der Waals surface area (Å²) in [4.78, 5) is 16.4. The molecule has 1 N–H and O–H groups in total. The zero-order valence-electron chi connectivity index (χ0n) is 12.3. The van der Waals surface area contributed by atoms with Gasteiger partial charge in [-0.2, -0.15) is 5.10 Å². The molecule has 5 heteroatoms. The molecule has 2 rings (SSSR count). The lowest BCUT2D eigenvalue weighted by atomic mass is 10.1. The zero-order chi connectivity index (χ0) is 14.7. The van der Waals surface area contributed by atoms with Gasteiger partial charge in [0.25, 0.3) is 5.91 Å². The summed E-state index contributed by atoms with van der Waals surface area (Å²) in [6, 6.07) is 3.96. The summed E-state index contributed by atoms with van der Waals surface area (Å²) in [5.74, 6) is -0.0653. The SMILES string of the molecule is Cc1nn(C)c(C)c1C(=O)N[C@@H](C)Cc1cccnc1. The van der Waals surface area contributed by atoms with Gasteiger partial charge in [0.05, 0.1) is 11.3 Å². The average molecular weight is 272 g/mol. The van der Waals surface area contributed by atoms with E-state index in [0.29, 0.717) is 5.56 Å². The van der Waals surface area contributed by atoms with Crippen molar-refractivity contribution >= 4 is 5.91 Å². The summed E-state index contributed by atoms with van der Waals surface area (Å²) in [6.45, 7) is 5.75. The van der Waals surface area contributed by atoms with Crippen molar-refractivity contribution in [2.45, 2.75) is 33.2 Å². The summed E-state index contributed by atoms with van der Waals surface area (Å²) in [5, 5.41) is 7.29. The number of rotatable bonds is 4. The number of carbonyl (C=O) groups is 1. The first-order valence-corrected chi connectivity index (χ1v) is 6.69. The molecule has 0 saturated carbocycles. The van der Waals surface area contributed by atoms with Crippen LogP contribution in [0.4, 0.5) is 0 Å². The molecule has 0 aromatic carbocycles. The van der Waals surface area contributed by atoms with Gasteiger partial charge in [-0.15, -0.1) is 0 Å². The number of amides is 1. The van der Waals surface area contributed by atoms with Crippen molar-refractivity contribution in [3.05, 3.63) is 47.0 Å². The van der Waals surface area contributed by atoms with Crippen LogP contribution in [0.5, 0.6) is 0 Å². The first kappa shape index (κ1) is 14.2. The lowest BCUT2D eigenvalue weighted by Crippen LogP contribution is -2.34. The van der Waals surface area contributed by atoms with Crippen LogP contribution in [-0.4, -0.2) is 26.7 Å². The van der Waals surface area contributed by atoms with Gasteiger partial charge in [-0.3, -0.25) is 14.5 Å². The second-order valence-corrected chi connectivity index (χ2v) is 5.11. The molecule has 2 aromatic rings. The van der Waals surface area contributed by atoms with Gasteiger partial charge in [0.15, 0.2) is 0 Å². The fourth-order valence-electron chi connectivity index (χ4n) is 2.32. The van der Waals surface area contributed by atoms with Crippen LogP contribution in [-0.2, 0) is 13.5 Å². The fraction of sp³-hybridized carbons (Fsp3) is 0.400. The Morgan fingerprint density at radius 3 is 2.75 bits per heavy atom. The van der Waals surface area contributed by atoms with E-state index < -0.39 is 0 Å². The summed E-state index contributed by atoms with van der Waals surface area (Å²) in [7, 11) is 1.85. The van der Waals surface area contributed by atoms with E-state index in [2.05, 4.69) is 15.4 Å². The number of hydrogen-bond acceptors (Lipinski definition) is 3. The first-order valence-electron chi connectivity index (χ1n) is 6.69. The lowest BCUT2D eigenvalue weighted by Gasteiger charge is -2.14. The maximum atomic E-state index is 12.3. The molecule has 1 atom stereocenters. The highest BCUT2D eigenvalue weighted by atomic mass is 16.1. The molecule has 0 fully saturated rings. The van der Waals surface area contributed by atoms with Gasteiger partial charge < -0.3 is 5.32 Å². The van der Waals surface area contributed by atoms with Crippen molar-refractivity contribution in [2.75, 3.05) is 0 Å². The van der Waals surface area contributed by atoms with E-state index in [-0.39, 0.29) is 11.9 Å². The standard InChI is InChI=1S/C15H20N4O/c1-10(8-13-6-5-7-16-9-13)17-15(20)14-11(2)18-19(4)12(14)3/h5-7,9-10H,8H2,1-4H3,(H,17,20)/t10-/m0/s1. The number of nitrogens with one attached hydrogen (secondary N) is 1. The number of aromatic nitrogens is 3. The number of pyridine rings is 1. The summed E-state index contributed by atoms with van der Waals surface area (Å²) >= 11 is 0. The maximum Gasteiger partial charge on any atom is 0.255 e. The second kappa shape index (κ2) is 5.86. The average Bonchev–Trinajstić information content (AvgIpc) is 2.64. The maximum absolute atomic E-state index is 12.3. The highest BCUT2D eigenvalue weighted by molar-refractivity contribution is 5.96. The van der Waals surface area contributed by atoms with Crippen molar-refractivity contribution in [2.24, 2.45) is 7.05 Å². The molecule has 0 aliphatic heterocycles. The smallest absolute Gasteiger partial charge is 0.255 e. The van der Waals surface area contributed by atoms with Crippen LogP contribution < -0.4 is 5.32 Å². The van der Waals surface area contributed by atoms with Crippen LogP contribution in [0, 0.1) is 13.8 Å². The number of hydrogen-bond donors (Lipinski definition) is 1. The molecule has 0 aliphatic rings. The van der Waals surface area contributed by atoms with E-state index in [1.54, 1.807) is 10.9 Å². The summed E-state index contributed by atoms with van der Waals surface area (Å²) in [6.07, 6.45) is 4.33. The molecule has 5 nitrogen and oxygen atoms in total. The Balaban J connectivity index is 2.04. The van der Waals surface area contributed by atoms with E-state index in [0.717, 1.165) is 23.4 Å². The molecule has 0 bridgehead atoms. The van der Waals surface area contributed by atoms with Crippen LogP contribution in [0.2, 0.25) is 0 Å². The minimum absolute atomic E-state index is 0.0470. The van der Waals surface area contributed by atoms with Gasteiger partial charge >= 0.3 is 0 Å². The van der Waals surface area contributed by atoms with Crippen molar-refractivity contribution < 1.29 is 4.79 Å². The predicted molar refractivity (Wildman–Crippen MR) is 77.6 cm³/mol. The Hall–Kier alpha value is -2.17. The third kappa shape index (κ3) is 3.04. The van der Waals surface area contributed by atoms with Gasteiger partial charge in [-0.1, -0.05) is 6.07 Å². The highest BCUT2D eigenvalue weighted by Gasteiger charge is 2.18. The summed E-state index contributed by atoms with van der Waals surface area (Å²) in [5.41, 5.74) is 3.43. The van der Waals surface area contributed by atoms with Gasteiger partial charge in [-0.05, 0) is 38.8 Å². The molecular formula is C15H20N4O. The van der Waals surface area contributed by atoms with E-state index >= 15 is 0 Å². The molecule has 2 heterocycles. The quantitative estimate of drug-likeness (QED) is 0.923. The van der Waals surface area contributed by atoms with Crippen LogP contribution in [0.3, 0.4) is 0 Å². The van der Waals surface area contributed by atoms with E-state index in [1.165, 1.54) is 0 Å². The molecular weight excluding hydrogens is 252 g/mol. The minimum atomic E-state index is -0.0653. The van der Waals surface area contributed by atoms with E-state index in [4.69, 9.17) is 0 Å². The van der Waals surface area contributed by atoms with Gasteiger partial charge in [0.1, 0.15) is 0 Å². The number of aryl methyl sites for hydroxylation is 2. The first-order chi connectivity index (χ1) is 9.49. The van der Waals surface area contributed by atoms with Crippen LogP contribution in [0.1, 0.15) is 34.2 Å². The van der Waals surface area contributed by atoms with Gasteiger partial charge in [0, 0.05) is 31.2 Å². The Bertz CT molecular complexity index is 604. The molecule has 0 radical (unpaired) electrons. The van der Waals surface area contributed by atoms with E-state index in [1.807, 2.05) is 46.1 Å². The topological polar surface area (TPSA) is 59.8 Å². The van der Waals surface area contributed by atoms with Gasteiger partial charge in [-0.25, -0.2) is 0 Å². The fourth-order valence-corrected chi connectivity index (χ4v) is 2.32. The van der Waals surface area contributed by atoms with Gasteiger partial charge in [0.2, 0.25) is 0 Å². The van der Waals surface area contributed by atoms with Crippen molar-refractivity contribution in [3.8, 4) is 0 Å².